The number of nitrogens with one attached hydrogen (secondary N) is 1. The number of hydrogen-bond acceptors (Lipinski definition) is 6. The second kappa shape index (κ2) is 10.5. The number of imidazole rings is 1. The number of rotatable bonds is 9. The van der Waals surface area contributed by atoms with Crippen molar-refractivity contribution in [1.82, 2.24) is 14.5 Å². The van der Waals surface area contributed by atoms with E-state index >= 15 is 0 Å². The number of thioether (sulfide) groups is 1. The third kappa shape index (κ3) is 5.85. The van der Waals surface area contributed by atoms with Crippen molar-refractivity contribution in [3.8, 4) is 0 Å². The SMILES string of the molecule is CCN(CC)C(=O)COC(=O)c1ccccc1NC(=O)CSc1nccn1C. The third-order valence-corrected chi connectivity index (χ3v) is 5.03. The van der Waals surface area contributed by atoms with Crippen LogP contribution in [0, 0.1) is 0 Å². The van der Waals surface area contributed by atoms with Crippen LogP contribution in [0.1, 0.15) is 24.2 Å². The summed E-state index contributed by atoms with van der Waals surface area (Å²) >= 11 is 1.29. The van der Waals surface area contributed by atoms with E-state index in [1.165, 1.54) is 11.8 Å². The Morgan fingerprint density at radius 1 is 1.21 bits per heavy atom. The van der Waals surface area contributed by atoms with Crippen molar-refractivity contribution in [1.29, 1.82) is 0 Å². The Morgan fingerprint density at radius 3 is 2.57 bits per heavy atom. The highest BCUT2D eigenvalue weighted by Crippen LogP contribution is 2.19. The standard InChI is InChI=1S/C19H24N4O4S/c1-4-23(5-2)17(25)12-27-18(26)14-8-6-7-9-15(14)21-16(24)13-28-19-20-10-11-22(19)3/h6-11H,4-5,12-13H2,1-3H3,(H,21,24). The van der Waals surface area contributed by atoms with Gasteiger partial charge in [0.2, 0.25) is 5.91 Å². The minimum absolute atomic E-state index is 0.148. The number of likely N-dealkylation sites (N-methyl/N-ethyl adjacent to an activating group) is 1. The van der Waals surface area contributed by atoms with Crippen LogP contribution >= 0.6 is 11.8 Å². The fourth-order valence-corrected chi connectivity index (χ4v) is 3.18. The van der Waals surface area contributed by atoms with Gasteiger partial charge in [-0.3, -0.25) is 9.59 Å². The van der Waals surface area contributed by atoms with Crippen molar-refractivity contribution < 1.29 is 19.1 Å². The summed E-state index contributed by atoms with van der Waals surface area (Å²) in [7, 11) is 1.85. The monoisotopic (exact) mass is 404 g/mol. The summed E-state index contributed by atoms with van der Waals surface area (Å²) in [5.41, 5.74) is 0.540. The molecule has 1 aromatic heterocycles. The van der Waals surface area contributed by atoms with Gasteiger partial charge in [0.25, 0.3) is 5.91 Å². The molecule has 1 N–H and O–H groups in total. The lowest BCUT2D eigenvalue weighted by Crippen LogP contribution is -2.34. The number of carbonyl (C=O) groups is 3. The number of esters is 1. The maximum Gasteiger partial charge on any atom is 0.340 e. The molecule has 150 valence electrons. The zero-order valence-electron chi connectivity index (χ0n) is 16.2. The number of aromatic nitrogens is 2. The number of amides is 2. The van der Waals surface area contributed by atoms with E-state index in [0.717, 1.165) is 5.16 Å². The molecule has 0 bridgehead atoms. The molecule has 0 fully saturated rings. The van der Waals surface area contributed by atoms with Crippen LogP contribution in [0.2, 0.25) is 0 Å². The molecule has 0 saturated heterocycles. The van der Waals surface area contributed by atoms with Gasteiger partial charge in [0.1, 0.15) is 0 Å². The van der Waals surface area contributed by atoms with Crippen LogP contribution in [-0.4, -0.2) is 57.7 Å². The molecule has 0 saturated carbocycles. The second-order valence-electron chi connectivity index (χ2n) is 5.85. The second-order valence-corrected chi connectivity index (χ2v) is 6.79. The zero-order valence-corrected chi connectivity index (χ0v) is 17.0. The van der Waals surface area contributed by atoms with Crippen molar-refractivity contribution in [2.45, 2.75) is 19.0 Å². The number of benzene rings is 1. The van der Waals surface area contributed by atoms with Crippen LogP contribution in [0.5, 0.6) is 0 Å². The molecule has 0 aliphatic rings. The molecule has 8 nitrogen and oxygen atoms in total. The molecule has 0 unspecified atom stereocenters. The molecule has 9 heteroatoms. The lowest BCUT2D eigenvalue weighted by molar-refractivity contribution is -0.134. The summed E-state index contributed by atoms with van der Waals surface area (Å²) in [5, 5.41) is 3.43. The number of aryl methyl sites for hydroxylation is 1. The average Bonchev–Trinajstić information content (AvgIpc) is 3.10. The summed E-state index contributed by atoms with van der Waals surface area (Å²) in [6, 6.07) is 6.54. The highest BCUT2D eigenvalue weighted by atomic mass is 32.2. The molecule has 0 radical (unpaired) electrons. The topological polar surface area (TPSA) is 93.5 Å². The van der Waals surface area contributed by atoms with Crippen molar-refractivity contribution in [3.63, 3.8) is 0 Å². The molecule has 28 heavy (non-hydrogen) atoms. The van der Waals surface area contributed by atoms with Crippen molar-refractivity contribution in [2.75, 3.05) is 30.8 Å². The largest absolute Gasteiger partial charge is 0.452 e. The Balaban J connectivity index is 1.95. The number of carbonyl (C=O) groups excluding carboxylic acids is 3. The molecular formula is C19H24N4O4S. The van der Waals surface area contributed by atoms with E-state index in [9.17, 15) is 14.4 Å². The van der Waals surface area contributed by atoms with Crippen LogP contribution in [0.25, 0.3) is 0 Å². The third-order valence-electron chi connectivity index (χ3n) is 3.97. The summed E-state index contributed by atoms with van der Waals surface area (Å²) in [4.78, 5) is 42.3. The predicted octanol–water partition coefficient (Wildman–Crippen LogP) is 2.18. The van der Waals surface area contributed by atoms with Gasteiger partial charge in [0.05, 0.1) is 17.0 Å². The molecule has 0 aliphatic carbocycles. The lowest BCUT2D eigenvalue weighted by Gasteiger charge is -2.18. The van der Waals surface area contributed by atoms with Gasteiger partial charge >= 0.3 is 5.97 Å². The molecule has 2 aromatic rings. The number of hydrogen-bond donors (Lipinski definition) is 1. The molecule has 1 heterocycles. The number of para-hydroxylation sites is 1. The first-order valence-corrected chi connectivity index (χ1v) is 9.88. The van der Waals surface area contributed by atoms with Gasteiger partial charge < -0.3 is 19.5 Å². The summed E-state index contributed by atoms with van der Waals surface area (Å²) < 4.78 is 6.95. The maximum atomic E-state index is 12.4. The fourth-order valence-electron chi connectivity index (χ4n) is 2.45. The molecule has 0 spiro atoms. The van der Waals surface area contributed by atoms with Gasteiger partial charge in [-0.15, -0.1) is 0 Å². The first-order chi connectivity index (χ1) is 13.5. The van der Waals surface area contributed by atoms with E-state index < -0.39 is 5.97 Å². The van der Waals surface area contributed by atoms with Gasteiger partial charge in [-0.25, -0.2) is 9.78 Å². The van der Waals surface area contributed by atoms with E-state index in [2.05, 4.69) is 10.3 Å². The Labute approximate surface area is 168 Å². The highest BCUT2D eigenvalue weighted by molar-refractivity contribution is 7.99. The average molecular weight is 404 g/mol. The van der Waals surface area contributed by atoms with Gasteiger partial charge in [-0.1, -0.05) is 23.9 Å². The fraction of sp³-hybridized carbons (Fsp3) is 0.368. The summed E-state index contributed by atoms with van der Waals surface area (Å²) in [5.74, 6) is -1.04. The van der Waals surface area contributed by atoms with E-state index in [4.69, 9.17) is 4.74 Å². The molecule has 0 atom stereocenters. The minimum atomic E-state index is -0.659. The quantitative estimate of drug-likeness (QED) is 0.509. The van der Waals surface area contributed by atoms with E-state index in [-0.39, 0.29) is 29.7 Å². The highest BCUT2D eigenvalue weighted by Gasteiger charge is 2.18. The van der Waals surface area contributed by atoms with E-state index in [1.807, 2.05) is 25.5 Å². The van der Waals surface area contributed by atoms with Gasteiger partial charge in [-0.2, -0.15) is 0 Å². The first-order valence-electron chi connectivity index (χ1n) is 8.90. The molecule has 2 rings (SSSR count). The van der Waals surface area contributed by atoms with Crippen molar-refractivity contribution in [3.05, 3.63) is 42.2 Å². The Morgan fingerprint density at radius 2 is 1.93 bits per heavy atom. The van der Waals surface area contributed by atoms with Crippen LogP contribution < -0.4 is 5.32 Å². The predicted molar refractivity (Wildman–Crippen MR) is 107 cm³/mol. The van der Waals surface area contributed by atoms with Crippen LogP contribution in [0.3, 0.4) is 0 Å². The minimum Gasteiger partial charge on any atom is -0.452 e. The molecular weight excluding hydrogens is 380 g/mol. The molecule has 1 aromatic carbocycles. The maximum absolute atomic E-state index is 12.4. The van der Waals surface area contributed by atoms with Crippen LogP contribution in [-0.2, 0) is 21.4 Å². The summed E-state index contributed by atoms with van der Waals surface area (Å²) in [6.45, 7) is 4.48. The Hall–Kier alpha value is -2.81. The van der Waals surface area contributed by atoms with Crippen LogP contribution in [0.15, 0.2) is 41.8 Å². The van der Waals surface area contributed by atoms with Gasteiger partial charge in [0.15, 0.2) is 11.8 Å². The molecule has 2 amide bonds. The number of ether oxygens (including phenoxy) is 1. The Kier molecular flexibility index (Phi) is 8.06. The number of anilines is 1. The first kappa shape index (κ1) is 21.5. The van der Waals surface area contributed by atoms with Crippen molar-refractivity contribution in [2.24, 2.45) is 7.05 Å². The normalized spacial score (nSPS) is 10.4. The molecule has 0 aliphatic heterocycles. The van der Waals surface area contributed by atoms with E-state index in [0.29, 0.717) is 18.8 Å². The smallest absolute Gasteiger partial charge is 0.340 e. The summed E-state index contributed by atoms with van der Waals surface area (Å²) in [6.07, 6.45) is 3.45. The van der Waals surface area contributed by atoms with Gasteiger partial charge in [-0.05, 0) is 26.0 Å². The zero-order chi connectivity index (χ0) is 20.5. The van der Waals surface area contributed by atoms with Crippen molar-refractivity contribution >= 4 is 35.2 Å². The Bertz CT molecular complexity index is 833. The van der Waals surface area contributed by atoms with E-state index in [1.54, 1.807) is 41.6 Å². The number of nitrogens with zero attached hydrogens (tertiary/aromatic N) is 3. The van der Waals surface area contributed by atoms with Gasteiger partial charge in [0, 0.05) is 32.5 Å². The lowest BCUT2D eigenvalue weighted by atomic mass is 10.2. The van der Waals surface area contributed by atoms with Crippen LogP contribution in [0.4, 0.5) is 5.69 Å².